The standard InChI is InChI=1S/C18H24N2O2/c1-18(2,3)22-17(21)20-11-9-15(10-12-20)13-14-5-7-16(19-4)8-6-14/h5-8,15H,9-13H2,1-3H3. The van der Waals surface area contributed by atoms with Gasteiger partial charge in [0.1, 0.15) is 5.60 Å². The predicted molar refractivity (Wildman–Crippen MR) is 86.9 cm³/mol. The molecule has 1 aliphatic rings. The van der Waals surface area contributed by atoms with Gasteiger partial charge in [-0.2, -0.15) is 0 Å². The molecule has 0 aliphatic carbocycles. The summed E-state index contributed by atoms with van der Waals surface area (Å²) in [5, 5.41) is 0. The van der Waals surface area contributed by atoms with Crippen LogP contribution in [0.1, 0.15) is 39.2 Å². The van der Waals surface area contributed by atoms with Gasteiger partial charge in [-0.3, -0.25) is 0 Å². The van der Waals surface area contributed by atoms with Crippen LogP contribution in [0.15, 0.2) is 24.3 Å². The summed E-state index contributed by atoms with van der Waals surface area (Å²) in [6.45, 7) is 14.2. The van der Waals surface area contributed by atoms with Gasteiger partial charge in [-0.15, -0.1) is 0 Å². The summed E-state index contributed by atoms with van der Waals surface area (Å²) in [4.78, 5) is 17.2. The second-order valence-electron chi connectivity index (χ2n) is 6.89. The van der Waals surface area contributed by atoms with Crippen molar-refractivity contribution in [3.05, 3.63) is 41.2 Å². The van der Waals surface area contributed by atoms with Crippen LogP contribution in [-0.2, 0) is 11.2 Å². The van der Waals surface area contributed by atoms with Crippen LogP contribution in [0.2, 0.25) is 0 Å². The van der Waals surface area contributed by atoms with Crippen LogP contribution in [0.25, 0.3) is 4.85 Å². The molecule has 0 radical (unpaired) electrons. The molecule has 1 heterocycles. The Morgan fingerprint density at radius 1 is 1.27 bits per heavy atom. The van der Waals surface area contributed by atoms with E-state index in [1.165, 1.54) is 5.56 Å². The highest BCUT2D eigenvalue weighted by molar-refractivity contribution is 5.68. The Kier molecular flexibility index (Phi) is 5.07. The van der Waals surface area contributed by atoms with Crippen molar-refractivity contribution in [1.82, 2.24) is 4.90 Å². The summed E-state index contributed by atoms with van der Waals surface area (Å²) in [6.07, 6.45) is 2.82. The number of likely N-dealkylation sites (tertiary alicyclic amines) is 1. The van der Waals surface area contributed by atoms with Crippen molar-refractivity contribution in [1.29, 1.82) is 0 Å². The zero-order valence-electron chi connectivity index (χ0n) is 13.6. The SMILES string of the molecule is [C-]#[N+]c1ccc(CC2CCN(C(=O)OC(C)(C)C)CC2)cc1. The second kappa shape index (κ2) is 6.83. The lowest BCUT2D eigenvalue weighted by atomic mass is 9.90. The van der Waals surface area contributed by atoms with E-state index in [9.17, 15) is 4.79 Å². The fourth-order valence-electron chi connectivity index (χ4n) is 2.69. The van der Waals surface area contributed by atoms with Gasteiger partial charge < -0.3 is 9.64 Å². The van der Waals surface area contributed by atoms with Gasteiger partial charge in [-0.05, 0) is 46.0 Å². The number of rotatable bonds is 2. The third-order valence-corrected chi connectivity index (χ3v) is 3.86. The summed E-state index contributed by atoms with van der Waals surface area (Å²) >= 11 is 0. The van der Waals surface area contributed by atoms with Crippen molar-refractivity contribution in [3.63, 3.8) is 0 Å². The molecular weight excluding hydrogens is 276 g/mol. The molecule has 0 unspecified atom stereocenters. The maximum Gasteiger partial charge on any atom is 0.410 e. The van der Waals surface area contributed by atoms with E-state index in [0.717, 1.165) is 32.4 Å². The smallest absolute Gasteiger partial charge is 0.410 e. The van der Waals surface area contributed by atoms with Crippen LogP contribution >= 0.6 is 0 Å². The number of nitrogens with zero attached hydrogens (tertiary/aromatic N) is 2. The minimum atomic E-state index is -0.432. The van der Waals surface area contributed by atoms with E-state index in [4.69, 9.17) is 11.3 Å². The van der Waals surface area contributed by atoms with Crippen LogP contribution in [0.3, 0.4) is 0 Å². The van der Waals surface area contributed by atoms with Crippen molar-refractivity contribution >= 4 is 11.8 Å². The molecule has 1 aromatic carbocycles. The van der Waals surface area contributed by atoms with Crippen molar-refractivity contribution in [2.75, 3.05) is 13.1 Å². The maximum atomic E-state index is 12.0. The van der Waals surface area contributed by atoms with E-state index in [0.29, 0.717) is 11.6 Å². The molecule has 0 bridgehead atoms. The molecule has 118 valence electrons. The number of piperidine rings is 1. The number of benzene rings is 1. The third kappa shape index (κ3) is 4.77. The first-order valence-electron chi connectivity index (χ1n) is 7.82. The molecule has 0 N–H and O–H groups in total. The first-order valence-corrected chi connectivity index (χ1v) is 7.82. The van der Waals surface area contributed by atoms with E-state index < -0.39 is 5.60 Å². The lowest BCUT2D eigenvalue weighted by Gasteiger charge is -2.33. The molecule has 0 saturated carbocycles. The van der Waals surface area contributed by atoms with Crippen molar-refractivity contribution in [2.45, 2.75) is 45.6 Å². The van der Waals surface area contributed by atoms with Crippen LogP contribution in [-0.4, -0.2) is 29.7 Å². The van der Waals surface area contributed by atoms with Crippen molar-refractivity contribution in [2.24, 2.45) is 5.92 Å². The molecule has 1 aromatic rings. The first-order chi connectivity index (χ1) is 10.4. The van der Waals surface area contributed by atoms with Crippen LogP contribution in [0.5, 0.6) is 0 Å². The third-order valence-electron chi connectivity index (χ3n) is 3.86. The normalized spacial score (nSPS) is 16.2. The Bertz CT molecular complexity index is 544. The number of hydrogen-bond acceptors (Lipinski definition) is 2. The fourth-order valence-corrected chi connectivity index (χ4v) is 2.69. The van der Waals surface area contributed by atoms with E-state index >= 15 is 0 Å². The number of carbonyl (C=O) groups is 1. The highest BCUT2D eigenvalue weighted by Gasteiger charge is 2.26. The number of carbonyl (C=O) groups excluding carboxylic acids is 1. The fraction of sp³-hybridized carbons (Fsp3) is 0.556. The molecule has 2 rings (SSSR count). The molecule has 0 atom stereocenters. The topological polar surface area (TPSA) is 33.9 Å². The predicted octanol–water partition coefficient (Wildman–Crippen LogP) is 4.43. The van der Waals surface area contributed by atoms with E-state index in [2.05, 4.69) is 4.85 Å². The molecule has 1 saturated heterocycles. The van der Waals surface area contributed by atoms with Crippen LogP contribution < -0.4 is 0 Å². The highest BCUT2D eigenvalue weighted by atomic mass is 16.6. The van der Waals surface area contributed by atoms with Gasteiger partial charge in [0.25, 0.3) is 0 Å². The molecule has 1 fully saturated rings. The average molecular weight is 300 g/mol. The summed E-state index contributed by atoms with van der Waals surface area (Å²) in [7, 11) is 0. The quantitative estimate of drug-likeness (QED) is 0.757. The molecule has 0 aromatic heterocycles. The van der Waals surface area contributed by atoms with Gasteiger partial charge in [-0.25, -0.2) is 9.64 Å². The second-order valence-corrected chi connectivity index (χ2v) is 6.89. The zero-order chi connectivity index (χ0) is 16.2. The van der Waals surface area contributed by atoms with Gasteiger partial charge in [-0.1, -0.05) is 29.8 Å². The average Bonchev–Trinajstić information content (AvgIpc) is 2.47. The molecular formula is C18H24N2O2. The zero-order valence-corrected chi connectivity index (χ0v) is 13.6. The lowest BCUT2D eigenvalue weighted by molar-refractivity contribution is 0.0184. The summed E-state index contributed by atoms with van der Waals surface area (Å²) in [6, 6.07) is 7.82. The minimum Gasteiger partial charge on any atom is -0.444 e. The molecule has 4 heteroatoms. The van der Waals surface area contributed by atoms with Gasteiger partial charge in [0.15, 0.2) is 5.69 Å². The Hall–Kier alpha value is -2.02. The Labute approximate surface area is 132 Å². The van der Waals surface area contributed by atoms with Gasteiger partial charge in [0.2, 0.25) is 0 Å². The lowest BCUT2D eigenvalue weighted by Crippen LogP contribution is -2.42. The molecule has 1 aliphatic heterocycles. The molecule has 22 heavy (non-hydrogen) atoms. The van der Waals surface area contributed by atoms with E-state index in [1.807, 2.05) is 49.9 Å². The molecule has 0 spiro atoms. The maximum absolute atomic E-state index is 12.0. The van der Waals surface area contributed by atoms with E-state index in [-0.39, 0.29) is 6.09 Å². The Morgan fingerprint density at radius 2 is 1.86 bits per heavy atom. The molecule has 4 nitrogen and oxygen atoms in total. The Balaban J connectivity index is 1.82. The van der Waals surface area contributed by atoms with Crippen molar-refractivity contribution < 1.29 is 9.53 Å². The highest BCUT2D eigenvalue weighted by Crippen LogP contribution is 2.24. The number of hydrogen-bond donors (Lipinski definition) is 0. The van der Waals surface area contributed by atoms with Crippen molar-refractivity contribution in [3.8, 4) is 0 Å². The monoisotopic (exact) mass is 300 g/mol. The van der Waals surface area contributed by atoms with Gasteiger partial charge >= 0.3 is 6.09 Å². The first kappa shape index (κ1) is 16.4. The Morgan fingerprint density at radius 3 is 2.36 bits per heavy atom. The number of amides is 1. The van der Waals surface area contributed by atoms with Gasteiger partial charge in [0.05, 0.1) is 6.57 Å². The van der Waals surface area contributed by atoms with Gasteiger partial charge in [0, 0.05) is 13.1 Å². The summed E-state index contributed by atoms with van der Waals surface area (Å²) in [5.74, 6) is 0.595. The minimum absolute atomic E-state index is 0.202. The van der Waals surface area contributed by atoms with E-state index in [1.54, 1.807) is 0 Å². The summed E-state index contributed by atoms with van der Waals surface area (Å²) in [5.41, 5.74) is 1.52. The summed E-state index contributed by atoms with van der Waals surface area (Å²) < 4.78 is 5.42. The molecule has 1 amide bonds. The van der Waals surface area contributed by atoms with Crippen LogP contribution in [0.4, 0.5) is 10.5 Å². The largest absolute Gasteiger partial charge is 0.444 e. The number of ether oxygens (including phenoxy) is 1. The van der Waals surface area contributed by atoms with Crippen LogP contribution in [0, 0.1) is 12.5 Å².